The van der Waals surface area contributed by atoms with Crippen LogP contribution in [0, 0.1) is 0 Å². The summed E-state index contributed by atoms with van der Waals surface area (Å²) in [6.07, 6.45) is 4.70. The molecule has 0 fully saturated rings. The van der Waals surface area contributed by atoms with Crippen molar-refractivity contribution in [3.05, 3.63) is 59.2 Å². The zero-order valence-corrected chi connectivity index (χ0v) is 15.9. The van der Waals surface area contributed by atoms with Gasteiger partial charge in [0.15, 0.2) is 5.78 Å². The zero-order valence-electron chi connectivity index (χ0n) is 15.9. The first-order valence-electron chi connectivity index (χ1n) is 9.49. The number of hydrogen-bond donors (Lipinski definition) is 1. The Morgan fingerprint density at radius 3 is 2.62 bits per heavy atom. The third-order valence-corrected chi connectivity index (χ3v) is 5.12. The van der Waals surface area contributed by atoms with E-state index in [1.165, 1.54) is 5.56 Å². The Bertz CT molecular complexity index is 778. The Balaban J connectivity index is 1.64. The summed E-state index contributed by atoms with van der Waals surface area (Å²) in [6, 6.07) is 14.2. The fourth-order valence-corrected chi connectivity index (χ4v) is 3.67. The highest BCUT2D eigenvalue weighted by molar-refractivity contribution is 6.02. The van der Waals surface area contributed by atoms with Gasteiger partial charge in [-0.2, -0.15) is 0 Å². The summed E-state index contributed by atoms with van der Waals surface area (Å²) in [4.78, 5) is 12.3. The van der Waals surface area contributed by atoms with Crippen LogP contribution in [0.3, 0.4) is 0 Å². The van der Waals surface area contributed by atoms with Gasteiger partial charge in [-0.15, -0.1) is 0 Å². The van der Waals surface area contributed by atoms with Gasteiger partial charge in [0.05, 0.1) is 6.42 Å². The maximum absolute atomic E-state index is 12.3. The van der Waals surface area contributed by atoms with Gasteiger partial charge in [-0.25, -0.2) is 0 Å². The molecule has 0 radical (unpaired) electrons. The van der Waals surface area contributed by atoms with E-state index in [0.29, 0.717) is 23.7 Å². The van der Waals surface area contributed by atoms with Crippen LogP contribution in [-0.4, -0.2) is 16.5 Å². The molecule has 1 aliphatic heterocycles. The number of aryl methyl sites for hydroxylation is 1. The van der Waals surface area contributed by atoms with Crippen LogP contribution in [0.2, 0.25) is 0 Å². The van der Waals surface area contributed by atoms with E-state index in [4.69, 9.17) is 4.74 Å². The Kier molecular flexibility index (Phi) is 5.36. The molecule has 3 heteroatoms. The van der Waals surface area contributed by atoms with E-state index in [2.05, 4.69) is 31.2 Å². The van der Waals surface area contributed by atoms with Gasteiger partial charge in [0, 0.05) is 0 Å². The van der Waals surface area contributed by atoms with Crippen LogP contribution >= 0.6 is 0 Å². The molecular formula is C23H28O3. The molecule has 0 saturated heterocycles. The fraction of sp³-hybridized carbons (Fsp3) is 0.435. The number of unbranched alkanes of at least 4 members (excludes halogenated alkanes) is 1. The summed E-state index contributed by atoms with van der Waals surface area (Å²) in [5.41, 5.74) is 2.23. The van der Waals surface area contributed by atoms with Crippen molar-refractivity contribution in [3.8, 4) is 11.5 Å². The number of hydrogen-bond acceptors (Lipinski definition) is 3. The molecule has 0 aliphatic carbocycles. The van der Waals surface area contributed by atoms with Crippen molar-refractivity contribution < 1.29 is 14.6 Å². The number of aromatic hydroxyl groups is 1. The van der Waals surface area contributed by atoms with Crippen LogP contribution in [0.5, 0.6) is 11.5 Å². The normalized spacial score (nSPS) is 16.7. The molecule has 0 amide bonds. The highest BCUT2D eigenvalue weighted by Crippen LogP contribution is 2.40. The molecule has 0 aromatic heterocycles. The molecule has 2 aromatic rings. The standard InChI is InChI=1S/C23H28O3/c1-16(9-7-8-12-17-10-5-4-6-11-17)18-13-19(24)22-20(25)15-23(2,3)26-21(22)14-18/h4-6,10-11,13-14,16,24H,7-9,12,15H2,1-3H3. The van der Waals surface area contributed by atoms with Crippen LogP contribution in [0.1, 0.15) is 73.9 Å². The highest BCUT2D eigenvalue weighted by Gasteiger charge is 2.34. The molecule has 1 N–H and O–H groups in total. The largest absolute Gasteiger partial charge is 0.507 e. The lowest BCUT2D eigenvalue weighted by Gasteiger charge is -2.32. The Morgan fingerprint density at radius 1 is 1.15 bits per heavy atom. The van der Waals surface area contributed by atoms with Crippen molar-refractivity contribution in [2.45, 2.75) is 64.4 Å². The second kappa shape index (κ2) is 7.53. The molecule has 3 rings (SSSR count). The molecule has 0 spiro atoms. The van der Waals surface area contributed by atoms with Crippen molar-refractivity contribution in [2.24, 2.45) is 0 Å². The first-order chi connectivity index (χ1) is 12.4. The van der Waals surface area contributed by atoms with Crippen molar-refractivity contribution in [1.29, 1.82) is 0 Å². The number of carbonyl (C=O) groups is 1. The number of phenolic OH excluding ortho intramolecular Hbond substituents is 1. The minimum Gasteiger partial charge on any atom is -0.507 e. The summed E-state index contributed by atoms with van der Waals surface area (Å²) in [7, 11) is 0. The van der Waals surface area contributed by atoms with E-state index in [1.54, 1.807) is 6.07 Å². The number of Topliss-reactive ketones (excluding diaryl/α,β-unsaturated/α-hetero) is 1. The van der Waals surface area contributed by atoms with Crippen LogP contribution in [0.15, 0.2) is 42.5 Å². The zero-order chi connectivity index (χ0) is 18.7. The quantitative estimate of drug-likeness (QED) is 0.683. The summed E-state index contributed by atoms with van der Waals surface area (Å²) < 4.78 is 5.96. The average Bonchev–Trinajstić information content (AvgIpc) is 2.57. The fourth-order valence-electron chi connectivity index (χ4n) is 3.67. The number of ether oxygens (including phenoxy) is 1. The number of phenols is 1. The second-order valence-electron chi connectivity index (χ2n) is 8.01. The minimum absolute atomic E-state index is 0.0455. The predicted octanol–water partition coefficient (Wildman–Crippen LogP) is 5.65. The monoisotopic (exact) mass is 352 g/mol. The molecule has 26 heavy (non-hydrogen) atoms. The SMILES string of the molecule is CC(CCCCc1ccccc1)c1cc(O)c2c(c1)OC(C)(C)CC2=O. The third kappa shape index (κ3) is 4.27. The molecule has 0 bridgehead atoms. The van der Waals surface area contributed by atoms with Crippen molar-refractivity contribution in [2.75, 3.05) is 0 Å². The number of ketones is 1. The van der Waals surface area contributed by atoms with Gasteiger partial charge >= 0.3 is 0 Å². The molecule has 1 aliphatic rings. The number of benzene rings is 2. The minimum atomic E-state index is -0.520. The topological polar surface area (TPSA) is 46.5 Å². The maximum atomic E-state index is 12.3. The van der Waals surface area contributed by atoms with E-state index in [9.17, 15) is 9.90 Å². The van der Waals surface area contributed by atoms with Crippen LogP contribution in [0.4, 0.5) is 0 Å². The summed E-state index contributed by atoms with van der Waals surface area (Å²) in [6.45, 7) is 5.98. The van der Waals surface area contributed by atoms with Crippen LogP contribution in [0.25, 0.3) is 0 Å². The number of rotatable bonds is 6. The Labute approximate surface area is 156 Å². The molecular weight excluding hydrogens is 324 g/mol. The first-order valence-corrected chi connectivity index (χ1v) is 9.49. The van der Waals surface area contributed by atoms with Gasteiger partial charge in [-0.05, 0) is 62.3 Å². The van der Waals surface area contributed by atoms with Gasteiger partial charge in [0.2, 0.25) is 0 Å². The van der Waals surface area contributed by atoms with Gasteiger partial charge in [0.1, 0.15) is 22.7 Å². The molecule has 1 heterocycles. The second-order valence-corrected chi connectivity index (χ2v) is 8.01. The predicted molar refractivity (Wildman–Crippen MR) is 104 cm³/mol. The maximum Gasteiger partial charge on any atom is 0.174 e. The first kappa shape index (κ1) is 18.5. The Hall–Kier alpha value is -2.29. The van der Waals surface area contributed by atoms with E-state index in [-0.39, 0.29) is 11.5 Å². The van der Waals surface area contributed by atoms with Gasteiger partial charge < -0.3 is 9.84 Å². The number of fused-ring (bicyclic) bond motifs is 1. The molecule has 0 saturated carbocycles. The lowest BCUT2D eigenvalue weighted by Crippen LogP contribution is -2.36. The number of carbonyl (C=O) groups excluding carboxylic acids is 1. The molecule has 138 valence electrons. The van der Waals surface area contributed by atoms with Crippen molar-refractivity contribution in [3.63, 3.8) is 0 Å². The highest BCUT2D eigenvalue weighted by atomic mass is 16.5. The summed E-state index contributed by atoms with van der Waals surface area (Å²) >= 11 is 0. The van der Waals surface area contributed by atoms with E-state index in [1.807, 2.05) is 26.0 Å². The van der Waals surface area contributed by atoms with E-state index < -0.39 is 5.60 Å². The smallest absolute Gasteiger partial charge is 0.174 e. The van der Waals surface area contributed by atoms with Crippen molar-refractivity contribution >= 4 is 5.78 Å². The molecule has 2 aromatic carbocycles. The third-order valence-electron chi connectivity index (χ3n) is 5.12. The van der Waals surface area contributed by atoms with Gasteiger partial charge in [-0.3, -0.25) is 4.79 Å². The molecule has 1 atom stereocenters. The van der Waals surface area contributed by atoms with Gasteiger partial charge in [-0.1, -0.05) is 43.7 Å². The average molecular weight is 352 g/mol. The van der Waals surface area contributed by atoms with Crippen molar-refractivity contribution in [1.82, 2.24) is 0 Å². The molecule has 3 nitrogen and oxygen atoms in total. The van der Waals surface area contributed by atoms with E-state index in [0.717, 1.165) is 31.2 Å². The Morgan fingerprint density at radius 2 is 1.88 bits per heavy atom. The lowest BCUT2D eigenvalue weighted by molar-refractivity contribution is 0.0613. The van der Waals surface area contributed by atoms with E-state index >= 15 is 0 Å². The lowest BCUT2D eigenvalue weighted by atomic mass is 9.88. The molecule has 1 unspecified atom stereocenters. The van der Waals surface area contributed by atoms with Crippen LogP contribution < -0.4 is 4.74 Å². The van der Waals surface area contributed by atoms with Crippen LogP contribution in [-0.2, 0) is 6.42 Å². The van der Waals surface area contributed by atoms with Gasteiger partial charge in [0.25, 0.3) is 0 Å². The summed E-state index contributed by atoms with van der Waals surface area (Å²) in [5.74, 6) is 0.841. The summed E-state index contributed by atoms with van der Waals surface area (Å²) in [5, 5.41) is 10.3.